The number of nitro benzene ring substituents is 1. The Kier molecular flexibility index (Phi) is 5.26. The van der Waals surface area contributed by atoms with Crippen LogP contribution in [-0.2, 0) is 11.3 Å². The Labute approximate surface area is 105 Å². The van der Waals surface area contributed by atoms with Gasteiger partial charge in [-0.1, -0.05) is 19.1 Å². The summed E-state index contributed by atoms with van der Waals surface area (Å²) >= 11 is 0. The highest BCUT2D eigenvalue weighted by atomic mass is 16.6. The molecule has 0 radical (unpaired) electrons. The van der Waals surface area contributed by atoms with E-state index in [1.807, 2.05) is 6.92 Å². The number of carboxylic acid groups (broad SMARTS) is 1. The minimum absolute atomic E-state index is 0.0522. The van der Waals surface area contributed by atoms with Crippen LogP contribution in [-0.4, -0.2) is 22.0 Å². The zero-order chi connectivity index (χ0) is 13.5. The van der Waals surface area contributed by atoms with E-state index < -0.39 is 10.9 Å². The van der Waals surface area contributed by atoms with E-state index in [1.54, 1.807) is 12.1 Å². The molecule has 0 bridgehead atoms. The predicted octanol–water partition coefficient (Wildman–Crippen LogP) is 1.94. The maximum absolute atomic E-state index is 10.6. The summed E-state index contributed by atoms with van der Waals surface area (Å²) in [5, 5.41) is 22.3. The predicted molar refractivity (Wildman–Crippen MR) is 66.3 cm³/mol. The Bertz CT molecular complexity index is 417. The third-order valence-corrected chi connectivity index (χ3v) is 2.66. The van der Waals surface area contributed by atoms with Gasteiger partial charge in [0.05, 0.1) is 11.3 Å². The molecular formula is C12H16N2O4. The number of hydrogen-bond acceptors (Lipinski definition) is 4. The van der Waals surface area contributed by atoms with Crippen LogP contribution in [0.2, 0.25) is 0 Å². The van der Waals surface area contributed by atoms with Gasteiger partial charge in [0.25, 0.3) is 5.69 Å². The molecule has 0 heterocycles. The summed E-state index contributed by atoms with van der Waals surface area (Å²) < 4.78 is 0. The molecule has 6 heteroatoms. The molecule has 0 fully saturated rings. The Morgan fingerprint density at radius 1 is 1.44 bits per heavy atom. The Balaban J connectivity index is 2.52. The van der Waals surface area contributed by atoms with E-state index in [4.69, 9.17) is 5.11 Å². The molecule has 6 nitrogen and oxygen atoms in total. The summed E-state index contributed by atoms with van der Waals surface area (Å²) in [4.78, 5) is 20.6. The lowest BCUT2D eigenvalue weighted by molar-refractivity contribution is -0.384. The first-order valence-corrected chi connectivity index (χ1v) is 5.71. The number of rotatable bonds is 7. The van der Waals surface area contributed by atoms with Crippen molar-refractivity contribution < 1.29 is 14.8 Å². The van der Waals surface area contributed by atoms with Crippen LogP contribution in [0.25, 0.3) is 0 Å². The van der Waals surface area contributed by atoms with Crippen LogP contribution in [0.15, 0.2) is 24.3 Å². The van der Waals surface area contributed by atoms with Crippen LogP contribution in [0.4, 0.5) is 5.69 Å². The van der Waals surface area contributed by atoms with E-state index in [9.17, 15) is 14.9 Å². The van der Waals surface area contributed by atoms with E-state index in [0.717, 1.165) is 12.0 Å². The lowest BCUT2D eigenvalue weighted by Crippen LogP contribution is -2.30. The molecule has 0 aliphatic rings. The zero-order valence-electron chi connectivity index (χ0n) is 10.1. The molecule has 1 rings (SSSR count). The summed E-state index contributed by atoms with van der Waals surface area (Å²) in [5.74, 6) is -0.835. The fourth-order valence-corrected chi connectivity index (χ4v) is 1.57. The van der Waals surface area contributed by atoms with Gasteiger partial charge in [0.2, 0.25) is 0 Å². The summed E-state index contributed by atoms with van der Waals surface area (Å²) in [7, 11) is 0. The number of nitrogens with one attached hydrogen (secondary N) is 1. The highest BCUT2D eigenvalue weighted by Crippen LogP contribution is 2.12. The van der Waals surface area contributed by atoms with Crippen molar-refractivity contribution in [3.63, 3.8) is 0 Å². The van der Waals surface area contributed by atoms with Crippen molar-refractivity contribution in [1.29, 1.82) is 0 Å². The fraction of sp³-hybridized carbons (Fsp3) is 0.417. The molecular weight excluding hydrogens is 236 g/mol. The summed E-state index contributed by atoms with van der Waals surface area (Å²) in [5.41, 5.74) is 0.945. The summed E-state index contributed by atoms with van der Waals surface area (Å²) in [6.07, 6.45) is 0.794. The normalized spacial score (nSPS) is 12.1. The minimum Gasteiger partial charge on any atom is -0.481 e. The van der Waals surface area contributed by atoms with Crippen molar-refractivity contribution in [2.75, 3.05) is 0 Å². The molecule has 0 saturated heterocycles. The smallest absolute Gasteiger partial charge is 0.304 e. The number of nitrogens with zero attached hydrogens (tertiary/aromatic N) is 1. The number of nitro groups is 1. The Morgan fingerprint density at radius 2 is 2.06 bits per heavy atom. The SMILES string of the molecule is CCC(CC(=O)O)NCc1ccc([N+](=O)[O-])cc1. The van der Waals surface area contributed by atoms with Gasteiger partial charge in [0.1, 0.15) is 0 Å². The van der Waals surface area contributed by atoms with Gasteiger partial charge in [-0.25, -0.2) is 0 Å². The molecule has 0 aromatic heterocycles. The van der Waals surface area contributed by atoms with E-state index in [2.05, 4.69) is 5.32 Å². The van der Waals surface area contributed by atoms with Crippen molar-refractivity contribution in [1.82, 2.24) is 5.32 Å². The third kappa shape index (κ3) is 4.50. The number of aliphatic carboxylic acids is 1. The van der Waals surface area contributed by atoms with E-state index >= 15 is 0 Å². The van der Waals surface area contributed by atoms with Crippen LogP contribution in [0.5, 0.6) is 0 Å². The molecule has 0 amide bonds. The highest BCUT2D eigenvalue weighted by Gasteiger charge is 2.10. The van der Waals surface area contributed by atoms with Crippen LogP contribution in [0.3, 0.4) is 0 Å². The van der Waals surface area contributed by atoms with E-state index in [-0.39, 0.29) is 18.2 Å². The molecule has 0 spiro atoms. The van der Waals surface area contributed by atoms with Crippen LogP contribution < -0.4 is 5.32 Å². The van der Waals surface area contributed by atoms with Gasteiger partial charge in [-0.05, 0) is 12.0 Å². The fourth-order valence-electron chi connectivity index (χ4n) is 1.57. The van der Waals surface area contributed by atoms with Crippen molar-refractivity contribution in [3.8, 4) is 0 Å². The second-order valence-electron chi connectivity index (χ2n) is 4.01. The van der Waals surface area contributed by atoms with E-state index in [1.165, 1.54) is 12.1 Å². The van der Waals surface area contributed by atoms with Gasteiger partial charge in [-0.15, -0.1) is 0 Å². The molecule has 0 aliphatic carbocycles. The quantitative estimate of drug-likeness (QED) is 0.571. The maximum Gasteiger partial charge on any atom is 0.304 e. The molecule has 98 valence electrons. The first kappa shape index (κ1) is 14.1. The van der Waals surface area contributed by atoms with E-state index in [0.29, 0.717) is 6.54 Å². The molecule has 2 N–H and O–H groups in total. The summed E-state index contributed by atoms with van der Waals surface area (Å²) in [6.45, 7) is 2.42. The average molecular weight is 252 g/mol. The van der Waals surface area contributed by atoms with Crippen molar-refractivity contribution in [2.45, 2.75) is 32.4 Å². The molecule has 1 atom stereocenters. The molecule has 1 aromatic rings. The average Bonchev–Trinajstić information content (AvgIpc) is 2.34. The van der Waals surface area contributed by atoms with Crippen LogP contribution in [0, 0.1) is 10.1 Å². The van der Waals surface area contributed by atoms with Gasteiger partial charge in [0.15, 0.2) is 0 Å². The zero-order valence-corrected chi connectivity index (χ0v) is 10.1. The lowest BCUT2D eigenvalue weighted by Gasteiger charge is -2.14. The Morgan fingerprint density at radius 3 is 2.50 bits per heavy atom. The van der Waals surface area contributed by atoms with Crippen molar-refractivity contribution in [2.24, 2.45) is 0 Å². The maximum atomic E-state index is 10.6. The minimum atomic E-state index is -0.835. The van der Waals surface area contributed by atoms with Gasteiger partial charge in [0, 0.05) is 24.7 Å². The molecule has 1 unspecified atom stereocenters. The van der Waals surface area contributed by atoms with Gasteiger partial charge in [-0.3, -0.25) is 14.9 Å². The van der Waals surface area contributed by atoms with Gasteiger partial charge >= 0.3 is 5.97 Å². The first-order valence-electron chi connectivity index (χ1n) is 5.71. The van der Waals surface area contributed by atoms with Gasteiger partial charge in [-0.2, -0.15) is 0 Å². The number of hydrogen-bond donors (Lipinski definition) is 2. The second-order valence-corrected chi connectivity index (χ2v) is 4.01. The van der Waals surface area contributed by atoms with Crippen molar-refractivity contribution in [3.05, 3.63) is 39.9 Å². The largest absolute Gasteiger partial charge is 0.481 e. The van der Waals surface area contributed by atoms with Crippen LogP contribution in [0.1, 0.15) is 25.3 Å². The molecule has 0 saturated carbocycles. The number of benzene rings is 1. The monoisotopic (exact) mass is 252 g/mol. The Hall–Kier alpha value is -1.95. The van der Waals surface area contributed by atoms with Crippen molar-refractivity contribution >= 4 is 11.7 Å². The highest BCUT2D eigenvalue weighted by molar-refractivity contribution is 5.67. The third-order valence-electron chi connectivity index (χ3n) is 2.66. The first-order chi connectivity index (χ1) is 8.52. The molecule has 18 heavy (non-hydrogen) atoms. The lowest BCUT2D eigenvalue weighted by atomic mass is 10.1. The second kappa shape index (κ2) is 6.70. The number of non-ortho nitro benzene ring substituents is 1. The van der Waals surface area contributed by atoms with Gasteiger partial charge < -0.3 is 10.4 Å². The number of carboxylic acids is 1. The summed E-state index contributed by atoms with van der Waals surface area (Å²) in [6, 6.07) is 6.12. The molecule has 0 aliphatic heterocycles. The number of carbonyl (C=O) groups is 1. The van der Waals surface area contributed by atoms with Crippen LogP contribution >= 0.6 is 0 Å². The standard InChI is InChI=1S/C12H16N2O4/c1-2-10(7-12(15)16)13-8-9-3-5-11(6-4-9)14(17)18/h3-6,10,13H,2,7-8H2,1H3,(H,15,16). The topological polar surface area (TPSA) is 92.5 Å². The molecule has 1 aromatic carbocycles.